The minimum absolute atomic E-state index is 0.575. The van der Waals surface area contributed by atoms with Crippen molar-refractivity contribution in [1.29, 1.82) is 0 Å². The topological polar surface area (TPSA) is 37.4 Å². The molecule has 5 heteroatoms. The fourth-order valence-corrected chi connectivity index (χ4v) is 7.56. The number of aromatic nitrogens is 2. The third-order valence-electron chi connectivity index (χ3n) is 9.95. The number of fused-ring (bicyclic) bond motifs is 4. The van der Waals surface area contributed by atoms with E-state index in [2.05, 4.69) is 178 Å². The number of hydrogen-bond donors (Lipinski definition) is 0. The molecule has 2 heterocycles. The SMILES string of the molecule is c1ccc(-c2nc3c(N(c4ccccc4)c4ccccc4)cc(N(c4ccccc4)c4ccc5c(c4)c4ccccc4n5-c4ccccc4)cc3o2)cc1. The molecule has 0 aliphatic heterocycles. The Morgan fingerprint density at radius 2 is 0.944 bits per heavy atom. The lowest BCUT2D eigenvalue weighted by Gasteiger charge is -2.29. The Bertz CT molecular complexity index is 2830. The lowest BCUT2D eigenvalue weighted by atomic mass is 10.1. The summed E-state index contributed by atoms with van der Waals surface area (Å²) in [5.74, 6) is 0.575. The van der Waals surface area contributed by atoms with Gasteiger partial charge in [0, 0.05) is 50.8 Å². The van der Waals surface area contributed by atoms with Gasteiger partial charge in [0.05, 0.1) is 22.4 Å². The molecule has 0 amide bonds. The number of oxazole rings is 1. The second-order valence-corrected chi connectivity index (χ2v) is 13.3. The second-order valence-electron chi connectivity index (χ2n) is 13.3. The quantitative estimate of drug-likeness (QED) is 0.159. The summed E-state index contributed by atoms with van der Waals surface area (Å²) in [5.41, 5.74) is 11.8. The Kier molecular flexibility index (Phi) is 7.73. The predicted molar refractivity (Wildman–Crippen MR) is 223 cm³/mol. The zero-order valence-electron chi connectivity index (χ0n) is 29.3. The first-order valence-electron chi connectivity index (χ1n) is 18.1. The van der Waals surface area contributed by atoms with Crippen LogP contribution in [0.15, 0.2) is 211 Å². The van der Waals surface area contributed by atoms with Crippen LogP contribution >= 0.6 is 0 Å². The van der Waals surface area contributed by atoms with Gasteiger partial charge >= 0.3 is 0 Å². The Balaban J connectivity index is 1.24. The molecule has 0 atom stereocenters. The smallest absolute Gasteiger partial charge is 0.227 e. The molecule has 0 radical (unpaired) electrons. The maximum Gasteiger partial charge on any atom is 0.227 e. The molecule has 0 spiro atoms. The van der Waals surface area contributed by atoms with Crippen LogP contribution in [0.25, 0.3) is 50.0 Å². The first-order valence-corrected chi connectivity index (χ1v) is 18.1. The number of rotatable bonds is 8. The molecule has 8 aromatic carbocycles. The molecular formula is C49H34N4O. The van der Waals surface area contributed by atoms with Crippen LogP contribution in [0.4, 0.5) is 34.1 Å². The Labute approximate surface area is 313 Å². The predicted octanol–water partition coefficient (Wildman–Crippen LogP) is 13.5. The Hall–Kier alpha value is -7.37. The number of para-hydroxylation sites is 5. The van der Waals surface area contributed by atoms with Crippen molar-refractivity contribution in [3.63, 3.8) is 0 Å². The van der Waals surface area contributed by atoms with Gasteiger partial charge in [-0.3, -0.25) is 0 Å². The zero-order valence-corrected chi connectivity index (χ0v) is 29.3. The van der Waals surface area contributed by atoms with E-state index in [0.29, 0.717) is 11.5 Å². The van der Waals surface area contributed by atoms with Crippen LogP contribution in [0, 0.1) is 0 Å². The summed E-state index contributed by atoms with van der Waals surface area (Å²) in [6.07, 6.45) is 0. The molecule has 0 N–H and O–H groups in total. The van der Waals surface area contributed by atoms with Crippen molar-refractivity contribution in [2.75, 3.05) is 9.80 Å². The standard InChI is InChI=1S/C49H34N4O/c1-6-18-35(19-7-1)49-50-48-46(52(37-22-10-3-11-23-37)38-24-12-4-13-25-38)33-41(34-47(48)54-49)51(36-20-8-2-9-21-36)40-30-31-45-43(32-40)42-28-16-17-29-44(42)53(45)39-26-14-5-15-27-39/h1-34H. The Morgan fingerprint density at radius 1 is 0.407 bits per heavy atom. The lowest BCUT2D eigenvalue weighted by Crippen LogP contribution is -2.13. The zero-order chi connectivity index (χ0) is 35.8. The van der Waals surface area contributed by atoms with Crippen molar-refractivity contribution in [3.8, 4) is 17.1 Å². The lowest BCUT2D eigenvalue weighted by molar-refractivity contribution is 0.620. The molecule has 0 unspecified atom stereocenters. The van der Waals surface area contributed by atoms with Crippen molar-refractivity contribution in [3.05, 3.63) is 206 Å². The van der Waals surface area contributed by atoms with Crippen LogP contribution in [-0.2, 0) is 0 Å². The van der Waals surface area contributed by atoms with Crippen LogP contribution in [0.5, 0.6) is 0 Å². The van der Waals surface area contributed by atoms with Gasteiger partial charge < -0.3 is 18.8 Å². The Morgan fingerprint density at radius 3 is 1.59 bits per heavy atom. The molecular weight excluding hydrogens is 661 g/mol. The first kappa shape index (κ1) is 31.4. The number of benzene rings is 8. The molecule has 10 aromatic rings. The van der Waals surface area contributed by atoms with E-state index in [1.54, 1.807) is 0 Å². The van der Waals surface area contributed by atoms with Gasteiger partial charge in [-0.15, -0.1) is 0 Å². The summed E-state index contributed by atoms with van der Waals surface area (Å²) in [5, 5.41) is 2.37. The summed E-state index contributed by atoms with van der Waals surface area (Å²) < 4.78 is 9.04. The molecule has 0 bridgehead atoms. The van der Waals surface area contributed by atoms with Crippen LogP contribution in [0.1, 0.15) is 0 Å². The summed E-state index contributed by atoms with van der Waals surface area (Å²) >= 11 is 0. The van der Waals surface area contributed by atoms with Gasteiger partial charge in [-0.1, -0.05) is 109 Å². The average Bonchev–Trinajstić information content (AvgIpc) is 3.83. The van der Waals surface area contributed by atoms with Gasteiger partial charge in [-0.25, -0.2) is 4.98 Å². The van der Waals surface area contributed by atoms with Crippen molar-refractivity contribution >= 4 is 67.0 Å². The molecule has 0 fully saturated rings. The van der Waals surface area contributed by atoms with Crippen molar-refractivity contribution in [1.82, 2.24) is 9.55 Å². The first-order chi connectivity index (χ1) is 26.8. The van der Waals surface area contributed by atoms with Crippen LogP contribution in [-0.4, -0.2) is 9.55 Å². The third kappa shape index (κ3) is 5.47. The molecule has 0 saturated carbocycles. The summed E-state index contributed by atoms with van der Waals surface area (Å²) in [7, 11) is 0. The van der Waals surface area contributed by atoms with Gasteiger partial charge in [-0.05, 0) is 91.0 Å². The third-order valence-corrected chi connectivity index (χ3v) is 9.95. The number of hydrogen-bond acceptors (Lipinski definition) is 4. The number of anilines is 6. The largest absolute Gasteiger partial charge is 0.436 e. The summed E-state index contributed by atoms with van der Waals surface area (Å²) in [6.45, 7) is 0. The van der Waals surface area contributed by atoms with Gasteiger partial charge in [0.25, 0.3) is 0 Å². The molecule has 54 heavy (non-hydrogen) atoms. The van der Waals surface area contributed by atoms with E-state index in [-0.39, 0.29) is 0 Å². The van der Waals surface area contributed by atoms with Crippen molar-refractivity contribution < 1.29 is 4.42 Å². The highest BCUT2D eigenvalue weighted by Gasteiger charge is 2.24. The highest BCUT2D eigenvalue weighted by atomic mass is 16.3. The molecule has 0 saturated heterocycles. The molecule has 0 aliphatic rings. The van der Waals surface area contributed by atoms with Gasteiger partial charge in [0.1, 0.15) is 5.52 Å². The summed E-state index contributed by atoms with van der Waals surface area (Å²) in [6, 6.07) is 71.9. The molecule has 0 aliphatic carbocycles. The van der Waals surface area contributed by atoms with E-state index in [4.69, 9.17) is 9.40 Å². The van der Waals surface area contributed by atoms with Gasteiger partial charge in [0.2, 0.25) is 5.89 Å². The molecule has 10 rings (SSSR count). The van der Waals surface area contributed by atoms with E-state index >= 15 is 0 Å². The van der Waals surface area contributed by atoms with E-state index < -0.39 is 0 Å². The maximum atomic E-state index is 6.69. The maximum absolute atomic E-state index is 6.69. The van der Waals surface area contributed by atoms with Crippen molar-refractivity contribution in [2.24, 2.45) is 0 Å². The van der Waals surface area contributed by atoms with E-state index in [1.807, 2.05) is 42.5 Å². The van der Waals surface area contributed by atoms with Crippen LogP contribution in [0.2, 0.25) is 0 Å². The summed E-state index contributed by atoms with van der Waals surface area (Å²) in [4.78, 5) is 9.76. The molecule has 2 aromatic heterocycles. The minimum Gasteiger partial charge on any atom is -0.436 e. The van der Waals surface area contributed by atoms with Gasteiger partial charge in [-0.2, -0.15) is 0 Å². The molecule has 256 valence electrons. The van der Waals surface area contributed by atoms with E-state index in [9.17, 15) is 0 Å². The fraction of sp³-hybridized carbons (Fsp3) is 0. The van der Waals surface area contributed by atoms with E-state index in [1.165, 1.54) is 16.3 Å². The second kappa shape index (κ2) is 13.3. The number of nitrogens with zero attached hydrogens (tertiary/aromatic N) is 4. The van der Waals surface area contributed by atoms with Crippen LogP contribution < -0.4 is 9.80 Å². The minimum atomic E-state index is 0.575. The highest BCUT2D eigenvalue weighted by molar-refractivity contribution is 6.11. The van der Waals surface area contributed by atoms with Crippen LogP contribution in [0.3, 0.4) is 0 Å². The average molecular weight is 695 g/mol. The van der Waals surface area contributed by atoms with E-state index in [0.717, 1.165) is 56.4 Å². The molecule has 5 nitrogen and oxygen atoms in total. The van der Waals surface area contributed by atoms with Crippen molar-refractivity contribution in [2.45, 2.75) is 0 Å². The highest BCUT2D eigenvalue weighted by Crippen LogP contribution is 2.46. The fourth-order valence-electron chi connectivity index (χ4n) is 7.56. The normalized spacial score (nSPS) is 11.3. The van der Waals surface area contributed by atoms with Gasteiger partial charge in [0.15, 0.2) is 5.58 Å². The monoisotopic (exact) mass is 694 g/mol.